The van der Waals surface area contributed by atoms with Crippen molar-refractivity contribution in [3.05, 3.63) is 0 Å². The minimum atomic E-state index is -0.490. The zero-order chi connectivity index (χ0) is 10.4. The van der Waals surface area contributed by atoms with E-state index in [9.17, 15) is 5.11 Å². The molecule has 3 nitrogen and oxygen atoms in total. The van der Waals surface area contributed by atoms with E-state index < -0.39 is 6.10 Å². The van der Waals surface area contributed by atoms with Gasteiger partial charge in [0.15, 0.2) is 0 Å². The average Bonchev–Trinajstić information content (AvgIpc) is 2.44. The molecule has 0 aromatic heterocycles. The second kappa shape index (κ2) is 5.69. The van der Waals surface area contributed by atoms with Gasteiger partial charge in [0.1, 0.15) is 6.10 Å². The Balaban J connectivity index is 2.61. The number of ether oxygens (including phenoxy) is 2. The molecule has 1 atom stereocenters. The first-order valence-electron chi connectivity index (χ1n) is 5.47. The molecule has 1 aliphatic rings. The van der Waals surface area contributed by atoms with Crippen LogP contribution in [0.3, 0.4) is 0 Å². The third kappa shape index (κ3) is 2.69. The van der Waals surface area contributed by atoms with E-state index in [1.54, 1.807) is 14.2 Å². The Morgan fingerprint density at radius 1 is 1.14 bits per heavy atom. The van der Waals surface area contributed by atoms with Crippen LogP contribution in [-0.4, -0.2) is 37.6 Å². The van der Waals surface area contributed by atoms with Crippen LogP contribution in [0.15, 0.2) is 0 Å². The number of methoxy groups -OCH3 is 2. The van der Waals surface area contributed by atoms with Crippen LogP contribution < -0.4 is 0 Å². The predicted octanol–water partition coefficient (Wildman–Crippen LogP) is 1.73. The summed E-state index contributed by atoms with van der Waals surface area (Å²) in [4.78, 5) is 0. The highest BCUT2D eigenvalue weighted by molar-refractivity contribution is 4.89. The second-order valence-electron chi connectivity index (χ2n) is 4.15. The summed E-state index contributed by atoms with van der Waals surface area (Å²) in [5, 5.41) is 10.00. The molecule has 84 valence electrons. The summed E-state index contributed by atoms with van der Waals surface area (Å²) in [5.41, 5.74) is -0.355. The number of aliphatic hydroxyl groups is 1. The number of hydrogen-bond acceptors (Lipinski definition) is 3. The molecule has 1 N–H and O–H groups in total. The van der Waals surface area contributed by atoms with Gasteiger partial charge in [-0.25, -0.2) is 0 Å². The minimum absolute atomic E-state index is 0.355. The average molecular weight is 202 g/mol. The number of hydrogen-bond donors (Lipinski definition) is 1. The van der Waals surface area contributed by atoms with Crippen LogP contribution in [0.25, 0.3) is 0 Å². The van der Waals surface area contributed by atoms with Crippen molar-refractivity contribution in [2.75, 3.05) is 20.8 Å². The Morgan fingerprint density at radius 2 is 1.71 bits per heavy atom. The van der Waals surface area contributed by atoms with Gasteiger partial charge in [-0.05, 0) is 12.8 Å². The first kappa shape index (κ1) is 12.0. The van der Waals surface area contributed by atoms with Gasteiger partial charge >= 0.3 is 0 Å². The molecule has 0 amide bonds. The molecule has 0 aromatic rings. The first-order valence-corrected chi connectivity index (χ1v) is 5.47. The van der Waals surface area contributed by atoms with Crippen LogP contribution in [0.4, 0.5) is 0 Å². The molecule has 0 heterocycles. The molecule has 0 spiro atoms. The van der Waals surface area contributed by atoms with Crippen molar-refractivity contribution in [2.45, 2.75) is 50.2 Å². The summed E-state index contributed by atoms with van der Waals surface area (Å²) in [6.45, 7) is 0.369. The van der Waals surface area contributed by atoms with Crippen molar-refractivity contribution in [3.8, 4) is 0 Å². The van der Waals surface area contributed by atoms with E-state index in [0.717, 1.165) is 25.7 Å². The summed E-state index contributed by atoms with van der Waals surface area (Å²) in [7, 11) is 3.31. The van der Waals surface area contributed by atoms with Crippen LogP contribution in [0.1, 0.15) is 38.5 Å². The van der Waals surface area contributed by atoms with E-state index in [-0.39, 0.29) is 5.60 Å². The van der Waals surface area contributed by atoms with Crippen LogP contribution in [0.5, 0.6) is 0 Å². The summed E-state index contributed by atoms with van der Waals surface area (Å²) in [6, 6.07) is 0. The third-order valence-electron chi connectivity index (χ3n) is 3.29. The number of rotatable bonds is 4. The molecule has 3 heteroatoms. The standard InChI is InChI=1S/C11H22O3/c1-13-9-10(12)11(14-2)7-5-3-4-6-8-11/h10,12H,3-9H2,1-2H3. The van der Waals surface area contributed by atoms with Crippen molar-refractivity contribution in [1.82, 2.24) is 0 Å². The van der Waals surface area contributed by atoms with E-state index in [1.165, 1.54) is 12.8 Å². The number of aliphatic hydroxyl groups excluding tert-OH is 1. The fourth-order valence-electron chi connectivity index (χ4n) is 2.31. The van der Waals surface area contributed by atoms with Crippen LogP contribution in [0.2, 0.25) is 0 Å². The molecule has 14 heavy (non-hydrogen) atoms. The smallest absolute Gasteiger partial charge is 0.106 e. The van der Waals surface area contributed by atoms with Gasteiger partial charge in [-0.1, -0.05) is 25.7 Å². The molecule has 1 fully saturated rings. The molecule has 1 aliphatic carbocycles. The van der Waals surface area contributed by atoms with Gasteiger partial charge in [0.05, 0.1) is 12.2 Å². The summed E-state index contributed by atoms with van der Waals surface area (Å²) in [5.74, 6) is 0. The van der Waals surface area contributed by atoms with Crippen LogP contribution in [-0.2, 0) is 9.47 Å². The molecule has 0 saturated heterocycles. The highest BCUT2D eigenvalue weighted by atomic mass is 16.5. The highest BCUT2D eigenvalue weighted by Crippen LogP contribution is 2.33. The van der Waals surface area contributed by atoms with E-state index in [2.05, 4.69) is 0 Å². The van der Waals surface area contributed by atoms with Crippen molar-refractivity contribution in [2.24, 2.45) is 0 Å². The van der Waals surface area contributed by atoms with Gasteiger partial charge in [-0.2, -0.15) is 0 Å². The Bertz CT molecular complexity index is 151. The van der Waals surface area contributed by atoms with Gasteiger partial charge < -0.3 is 14.6 Å². The summed E-state index contributed by atoms with van der Waals surface area (Å²) < 4.78 is 10.5. The Hall–Kier alpha value is -0.120. The van der Waals surface area contributed by atoms with Gasteiger partial charge in [0, 0.05) is 14.2 Å². The molecule has 1 saturated carbocycles. The van der Waals surface area contributed by atoms with E-state index >= 15 is 0 Å². The normalized spacial score (nSPS) is 24.2. The van der Waals surface area contributed by atoms with Gasteiger partial charge in [0.25, 0.3) is 0 Å². The second-order valence-corrected chi connectivity index (χ2v) is 4.15. The lowest BCUT2D eigenvalue weighted by molar-refractivity contribution is -0.130. The van der Waals surface area contributed by atoms with Gasteiger partial charge in [-0.3, -0.25) is 0 Å². The fraction of sp³-hybridized carbons (Fsp3) is 1.00. The SMILES string of the molecule is COCC(O)C1(OC)CCCCCC1. The molecule has 0 aliphatic heterocycles. The molecule has 0 aromatic carbocycles. The predicted molar refractivity (Wildman–Crippen MR) is 55.3 cm³/mol. The largest absolute Gasteiger partial charge is 0.388 e. The zero-order valence-electron chi connectivity index (χ0n) is 9.29. The first-order chi connectivity index (χ1) is 6.75. The Kier molecular flexibility index (Phi) is 4.85. The van der Waals surface area contributed by atoms with Gasteiger partial charge in [-0.15, -0.1) is 0 Å². The van der Waals surface area contributed by atoms with Crippen LogP contribution >= 0.6 is 0 Å². The Labute approximate surface area is 86.4 Å². The van der Waals surface area contributed by atoms with E-state index in [4.69, 9.17) is 9.47 Å². The summed E-state index contributed by atoms with van der Waals surface area (Å²) in [6.07, 6.45) is 6.22. The zero-order valence-corrected chi connectivity index (χ0v) is 9.29. The monoisotopic (exact) mass is 202 g/mol. The Morgan fingerprint density at radius 3 is 2.14 bits per heavy atom. The van der Waals surface area contributed by atoms with Crippen molar-refractivity contribution < 1.29 is 14.6 Å². The lowest BCUT2D eigenvalue weighted by Gasteiger charge is -2.35. The van der Waals surface area contributed by atoms with Gasteiger partial charge in [0.2, 0.25) is 0 Å². The fourth-order valence-corrected chi connectivity index (χ4v) is 2.31. The lowest BCUT2D eigenvalue weighted by atomic mass is 9.88. The van der Waals surface area contributed by atoms with Crippen molar-refractivity contribution >= 4 is 0 Å². The maximum absolute atomic E-state index is 10.00. The van der Waals surface area contributed by atoms with Crippen molar-refractivity contribution in [3.63, 3.8) is 0 Å². The molecule has 1 unspecified atom stereocenters. The van der Waals surface area contributed by atoms with E-state index in [0.29, 0.717) is 6.61 Å². The maximum atomic E-state index is 10.00. The molecule has 0 bridgehead atoms. The lowest BCUT2D eigenvalue weighted by Crippen LogP contribution is -2.46. The quantitative estimate of drug-likeness (QED) is 0.706. The third-order valence-corrected chi connectivity index (χ3v) is 3.29. The topological polar surface area (TPSA) is 38.7 Å². The molecule has 1 rings (SSSR count). The van der Waals surface area contributed by atoms with E-state index in [1.807, 2.05) is 0 Å². The highest BCUT2D eigenvalue weighted by Gasteiger charge is 2.38. The molecular weight excluding hydrogens is 180 g/mol. The van der Waals surface area contributed by atoms with Crippen LogP contribution in [0, 0.1) is 0 Å². The minimum Gasteiger partial charge on any atom is -0.388 e. The van der Waals surface area contributed by atoms with Crippen molar-refractivity contribution in [1.29, 1.82) is 0 Å². The summed E-state index contributed by atoms with van der Waals surface area (Å²) >= 11 is 0. The molecule has 0 radical (unpaired) electrons. The maximum Gasteiger partial charge on any atom is 0.106 e. The molecular formula is C11H22O3.